The Morgan fingerprint density at radius 1 is 1.20 bits per heavy atom. The number of carbonyl (C=O) groups excluding carboxylic acids is 1. The van der Waals surface area contributed by atoms with Crippen LogP contribution >= 0.6 is 0 Å². The fourth-order valence-electron chi connectivity index (χ4n) is 1.97. The van der Waals surface area contributed by atoms with E-state index in [1.165, 1.54) is 13.2 Å². The molecule has 2 aromatic rings. The molecule has 0 radical (unpaired) electrons. The highest BCUT2D eigenvalue weighted by atomic mass is 19.1. The number of aliphatic hydroxyl groups excluding tert-OH is 1. The standard InChI is InChI=1S/C16H15FO3/c1-20-16(19)9-14-8-13(5-6-15(14)17)12-4-2-3-11(7-12)10-18/h2-8,18H,9-10H2,1H3. The minimum atomic E-state index is -0.481. The molecule has 0 atom stereocenters. The van der Waals surface area contributed by atoms with Crippen LogP contribution in [-0.2, 0) is 22.6 Å². The van der Waals surface area contributed by atoms with Gasteiger partial charge in [-0.25, -0.2) is 4.39 Å². The van der Waals surface area contributed by atoms with Gasteiger partial charge >= 0.3 is 5.97 Å². The third-order valence-electron chi connectivity index (χ3n) is 3.05. The Bertz CT molecular complexity index is 623. The van der Waals surface area contributed by atoms with Crippen molar-refractivity contribution >= 4 is 5.97 Å². The summed E-state index contributed by atoms with van der Waals surface area (Å²) in [7, 11) is 1.27. The van der Waals surface area contributed by atoms with Gasteiger partial charge in [0.15, 0.2) is 0 Å². The SMILES string of the molecule is COC(=O)Cc1cc(-c2cccc(CO)c2)ccc1F. The Balaban J connectivity index is 2.37. The molecule has 4 heteroatoms. The molecule has 0 aliphatic carbocycles. The monoisotopic (exact) mass is 274 g/mol. The van der Waals surface area contributed by atoms with Crippen molar-refractivity contribution < 1.29 is 19.0 Å². The normalized spacial score (nSPS) is 10.3. The zero-order chi connectivity index (χ0) is 14.5. The summed E-state index contributed by atoms with van der Waals surface area (Å²) in [4.78, 5) is 11.3. The van der Waals surface area contributed by atoms with Gasteiger partial charge in [-0.05, 0) is 40.5 Å². The third-order valence-corrected chi connectivity index (χ3v) is 3.05. The van der Waals surface area contributed by atoms with Crippen LogP contribution in [0.25, 0.3) is 11.1 Å². The maximum atomic E-state index is 13.7. The lowest BCUT2D eigenvalue weighted by atomic mass is 10.00. The minimum Gasteiger partial charge on any atom is -0.469 e. The molecular weight excluding hydrogens is 259 g/mol. The van der Waals surface area contributed by atoms with E-state index in [0.29, 0.717) is 5.56 Å². The van der Waals surface area contributed by atoms with Gasteiger partial charge in [0.25, 0.3) is 0 Å². The second-order valence-corrected chi connectivity index (χ2v) is 4.42. The fraction of sp³-hybridized carbons (Fsp3) is 0.188. The number of esters is 1. The number of benzene rings is 2. The predicted octanol–water partition coefficient (Wildman–Crippen LogP) is 2.70. The first kappa shape index (κ1) is 14.2. The van der Waals surface area contributed by atoms with Crippen LogP contribution < -0.4 is 0 Å². The van der Waals surface area contributed by atoms with Gasteiger partial charge in [-0.3, -0.25) is 4.79 Å². The Morgan fingerprint density at radius 2 is 1.95 bits per heavy atom. The number of rotatable bonds is 4. The van der Waals surface area contributed by atoms with Crippen molar-refractivity contribution in [2.45, 2.75) is 13.0 Å². The molecule has 104 valence electrons. The summed E-state index contributed by atoms with van der Waals surface area (Å²) >= 11 is 0. The van der Waals surface area contributed by atoms with E-state index < -0.39 is 11.8 Å². The van der Waals surface area contributed by atoms with Crippen LogP contribution in [0.3, 0.4) is 0 Å². The number of hydrogen-bond donors (Lipinski definition) is 1. The quantitative estimate of drug-likeness (QED) is 0.872. The highest BCUT2D eigenvalue weighted by molar-refractivity contribution is 5.74. The molecule has 1 N–H and O–H groups in total. The van der Waals surface area contributed by atoms with Crippen molar-refractivity contribution in [3.05, 3.63) is 59.4 Å². The zero-order valence-electron chi connectivity index (χ0n) is 11.1. The van der Waals surface area contributed by atoms with Gasteiger partial charge in [0.2, 0.25) is 0 Å². The molecule has 0 aliphatic heterocycles. The molecule has 0 aromatic heterocycles. The molecule has 0 unspecified atom stereocenters. The number of methoxy groups -OCH3 is 1. The molecule has 2 rings (SSSR count). The van der Waals surface area contributed by atoms with Crippen molar-refractivity contribution in [3.63, 3.8) is 0 Å². The molecule has 0 fully saturated rings. The molecule has 0 spiro atoms. The second kappa shape index (κ2) is 6.30. The molecular formula is C16H15FO3. The highest BCUT2D eigenvalue weighted by Gasteiger charge is 2.10. The van der Waals surface area contributed by atoms with Crippen LogP contribution in [0.5, 0.6) is 0 Å². The Labute approximate surface area is 116 Å². The lowest BCUT2D eigenvalue weighted by Gasteiger charge is -2.07. The van der Waals surface area contributed by atoms with Crippen molar-refractivity contribution in [3.8, 4) is 11.1 Å². The summed E-state index contributed by atoms with van der Waals surface area (Å²) in [5, 5.41) is 9.14. The summed E-state index contributed by atoms with van der Waals surface area (Å²) in [5.41, 5.74) is 2.73. The fourth-order valence-corrected chi connectivity index (χ4v) is 1.97. The van der Waals surface area contributed by atoms with Gasteiger partial charge in [0.1, 0.15) is 5.82 Å². The van der Waals surface area contributed by atoms with E-state index in [2.05, 4.69) is 4.74 Å². The number of ether oxygens (including phenoxy) is 1. The molecule has 3 nitrogen and oxygen atoms in total. The molecule has 0 saturated carbocycles. The maximum Gasteiger partial charge on any atom is 0.310 e. The van der Waals surface area contributed by atoms with Gasteiger partial charge in [0, 0.05) is 0 Å². The smallest absolute Gasteiger partial charge is 0.310 e. The molecule has 2 aromatic carbocycles. The first-order chi connectivity index (χ1) is 9.63. The molecule has 0 aliphatic rings. The van der Waals surface area contributed by atoms with E-state index in [9.17, 15) is 9.18 Å². The Morgan fingerprint density at radius 3 is 2.65 bits per heavy atom. The van der Waals surface area contributed by atoms with E-state index >= 15 is 0 Å². The largest absolute Gasteiger partial charge is 0.469 e. The van der Waals surface area contributed by atoms with Crippen molar-refractivity contribution in [2.75, 3.05) is 7.11 Å². The first-order valence-electron chi connectivity index (χ1n) is 6.19. The van der Waals surface area contributed by atoms with Crippen molar-refractivity contribution in [1.29, 1.82) is 0 Å². The average Bonchev–Trinajstić information content (AvgIpc) is 2.49. The van der Waals surface area contributed by atoms with Crippen molar-refractivity contribution in [1.82, 2.24) is 0 Å². The summed E-state index contributed by atoms with van der Waals surface area (Å²) in [6.07, 6.45) is -0.101. The lowest BCUT2D eigenvalue weighted by Crippen LogP contribution is -2.06. The van der Waals surface area contributed by atoms with Crippen LogP contribution in [-0.4, -0.2) is 18.2 Å². The molecule has 0 heterocycles. The number of hydrogen-bond acceptors (Lipinski definition) is 3. The van der Waals surface area contributed by atoms with Gasteiger partial charge in [-0.15, -0.1) is 0 Å². The number of halogens is 1. The summed E-state index contributed by atoms with van der Waals surface area (Å²) < 4.78 is 18.2. The Hall–Kier alpha value is -2.20. The van der Waals surface area contributed by atoms with E-state index in [4.69, 9.17) is 5.11 Å². The van der Waals surface area contributed by atoms with E-state index in [1.54, 1.807) is 12.1 Å². The van der Waals surface area contributed by atoms with Gasteiger partial charge in [0.05, 0.1) is 20.1 Å². The van der Waals surface area contributed by atoms with Crippen LogP contribution in [0, 0.1) is 5.82 Å². The van der Waals surface area contributed by atoms with Crippen molar-refractivity contribution in [2.24, 2.45) is 0 Å². The summed E-state index contributed by atoms with van der Waals surface area (Å²) in [6.45, 7) is -0.0515. The molecule has 0 bridgehead atoms. The van der Waals surface area contributed by atoms with Crippen LogP contribution in [0.15, 0.2) is 42.5 Å². The highest BCUT2D eigenvalue weighted by Crippen LogP contribution is 2.23. The minimum absolute atomic E-state index is 0.0515. The number of aliphatic hydroxyl groups is 1. The van der Waals surface area contributed by atoms with Crippen LogP contribution in [0.4, 0.5) is 4.39 Å². The maximum absolute atomic E-state index is 13.7. The van der Waals surface area contributed by atoms with Gasteiger partial charge in [-0.1, -0.05) is 24.3 Å². The van der Waals surface area contributed by atoms with Gasteiger partial charge < -0.3 is 9.84 Å². The molecule has 0 saturated heterocycles. The lowest BCUT2D eigenvalue weighted by molar-refractivity contribution is -0.139. The molecule has 0 amide bonds. The number of carbonyl (C=O) groups is 1. The van der Waals surface area contributed by atoms with E-state index in [1.807, 2.05) is 24.3 Å². The van der Waals surface area contributed by atoms with Crippen LogP contribution in [0.1, 0.15) is 11.1 Å². The van der Waals surface area contributed by atoms with E-state index in [-0.39, 0.29) is 13.0 Å². The first-order valence-corrected chi connectivity index (χ1v) is 6.19. The van der Waals surface area contributed by atoms with Gasteiger partial charge in [-0.2, -0.15) is 0 Å². The Kier molecular flexibility index (Phi) is 4.48. The summed E-state index contributed by atoms with van der Waals surface area (Å²) in [5.74, 6) is -0.914. The zero-order valence-corrected chi connectivity index (χ0v) is 11.1. The topological polar surface area (TPSA) is 46.5 Å². The predicted molar refractivity (Wildman–Crippen MR) is 73.5 cm³/mol. The summed E-state index contributed by atoms with van der Waals surface area (Å²) in [6, 6.07) is 11.9. The van der Waals surface area contributed by atoms with Crippen LogP contribution in [0.2, 0.25) is 0 Å². The average molecular weight is 274 g/mol. The second-order valence-electron chi connectivity index (χ2n) is 4.42. The van der Waals surface area contributed by atoms with E-state index in [0.717, 1.165) is 16.7 Å². The molecule has 20 heavy (non-hydrogen) atoms. The third kappa shape index (κ3) is 3.22.